The van der Waals surface area contributed by atoms with Crippen LogP contribution in [0.2, 0.25) is 5.02 Å². The summed E-state index contributed by atoms with van der Waals surface area (Å²) in [6, 6.07) is 18.2. The molecule has 6 nitrogen and oxygen atoms in total. The molecule has 0 N–H and O–H groups in total. The maximum atomic E-state index is 12.6. The second kappa shape index (κ2) is 9.11. The van der Waals surface area contributed by atoms with Crippen molar-refractivity contribution in [2.24, 2.45) is 0 Å². The summed E-state index contributed by atoms with van der Waals surface area (Å²) in [6.07, 6.45) is 3.41. The summed E-state index contributed by atoms with van der Waals surface area (Å²) in [5.41, 5.74) is 2.35. The molecule has 0 unspecified atom stereocenters. The van der Waals surface area contributed by atoms with E-state index in [1.54, 1.807) is 43.8 Å². The van der Waals surface area contributed by atoms with E-state index in [0.717, 1.165) is 11.3 Å². The summed E-state index contributed by atoms with van der Waals surface area (Å²) < 4.78 is 7.06. The highest BCUT2D eigenvalue weighted by molar-refractivity contribution is 7.99. The summed E-state index contributed by atoms with van der Waals surface area (Å²) in [6.45, 7) is 0. The fourth-order valence-electron chi connectivity index (χ4n) is 2.86. The molecule has 2 aromatic carbocycles. The first-order valence-corrected chi connectivity index (χ1v) is 10.4. The van der Waals surface area contributed by atoms with Gasteiger partial charge in [-0.1, -0.05) is 23.4 Å². The number of methoxy groups -OCH3 is 1. The number of rotatable bonds is 7. The number of carbonyl (C=O) groups is 1. The molecule has 30 heavy (non-hydrogen) atoms. The van der Waals surface area contributed by atoms with Crippen LogP contribution in [-0.4, -0.2) is 38.4 Å². The van der Waals surface area contributed by atoms with Crippen LogP contribution >= 0.6 is 23.4 Å². The molecule has 0 radical (unpaired) electrons. The average molecular weight is 437 g/mol. The van der Waals surface area contributed by atoms with Crippen molar-refractivity contribution in [3.63, 3.8) is 0 Å². The maximum Gasteiger partial charge on any atom is 0.196 e. The number of Topliss-reactive ketones (excluding diaryl/α,β-unsaturated/α-hetero) is 1. The van der Waals surface area contributed by atoms with Gasteiger partial charge in [0.15, 0.2) is 16.8 Å². The van der Waals surface area contributed by atoms with Gasteiger partial charge in [0.05, 0.1) is 12.9 Å². The lowest BCUT2D eigenvalue weighted by atomic mass is 10.1. The molecule has 0 aliphatic heterocycles. The fraction of sp³-hybridized carbons (Fsp3) is 0.0909. The lowest BCUT2D eigenvalue weighted by Gasteiger charge is -2.10. The van der Waals surface area contributed by atoms with E-state index in [9.17, 15) is 4.79 Å². The van der Waals surface area contributed by atoms with Gasteiger partial charge in [0.1, 0.15) is 5.75 Å². The van der Waals surface area contributed by atoms with Gasteiger partial charge in [-0.15, -0.1) is 10.2 Å². The van der Waals surface area contributed by atoms with Crippen molar-refractivity contribution < 1.29 is 9.53 Å². The molecule has 150 valence electrons. The summed E-state index contributed by atoms with van der Waals surface area (Å²) in [4.78, 5) is 16.7. The van der Waals surface area contributed by atoms with Gasteiger partial charge in [-0.25, -0.2) is 0 Å². The van der Waals surface area contributed by atoms with Gasteiger partial charge in [-0.05, 0) is 60.7 Å². The van der Waals surface area contributed by atoms with Gasteiger partial charge in [0.25, 0.3) is 0 Å². The van der Waals surface area contributed by atoms with Gasteiger partial charge in [0.2, 0.25) is 0 Å². The third-order valence-corrected chi connectivity index (χ3v) is 5.58. The number of nitrogens with zero attached hydrogens (tertiary/aromatic N) is 4. The van der Waals surface area contributed by atoms with Crippen molar-refractivity contribution >= 4 is 29.1 Å². The van der Waals surface area contributed by atoms with E-state index in [1.807, 2.05) is 41.0 Å². The van der Waals surface area contributed by atoms with Crippen LogP contribution in [0, 0.1) is 0 Å². The van der Waals surface area contributed by atoms with Crippen LogP contribution in [-0.2, 0) is 0 Å². The summed E-state index contributed by atoms with van der Waals surface area (Å²) in [5.74, 6) is 1.61. The number of aromatic nitrogens is 4. The minimum atomic E-state index is -0.00114. The molecule has 8 heteroatoms. The van der Waals surface area contributed by atoms with E-state index in [4.69, 9.17) is 16.3 Å². The molecule has 0 amide bonds. The summed E-state index contributed by atoms with van der Waals surface area (Å²) in [7, 11) is 1.59. The molecule has 0 bridgehead atoms. The Kier molecular flexibility index (Phi) is 6.11. The van der Waals surface area contributed by atoms with Crippen LogP contribution in [0.4, 0.5) is 0 Å². The number of hydrogen-bond donors (Lipinski definition) is 0. The number of benzene rings is 2. The highest BCUT2D eigenvalue weighted by Gasteiger charge is 2.18. The van der Waals surface area contributed by atoms with Crippen LogP contribution < -0.4 is 4.74 Å². The minimum Gasteiger partial charge on any atom is -0.497 e. The molecule has 0 spiro atoms. The lowest BCUT2D eigenvalue weighted by Crippen LogP contribution is -2.05. The zero-order valence-corrected chi connectivity index (χ0v) is 17.6. The van der Waals surface area contributed by atoms with E-state index in [1.165, 1.54) is 11.8 Å². The number of ether oxygens (including phenoxy) is 1. The molecule has 4 rings (SSSR count). The van der Waals surface area contributed by atoms with Gasteiger partial charge in [-0.3, -0.25) is 14.3 Å². The summed E-state index contributed by atoms with van der Waals surface area (Å²) in [5, 5.41) is 9.95. The zero-order valence-electron chi connectivity index (χ0n) is 16.0. The third-order valence-electron chi connectivity index (χ3n) is 4.40. The largest absolute Gasteiger partial charge is 0.497 e. The number of thioether (sulfide) groups is 1. The molecule has 0 aliphatic rings. The van der Waals surface area contributed by atoms with Gasteiger partial charge >= 0.3 is 0 Å². The van der Waals surface area contributed by atoms with Crippen molar-refractivity contribution in [3.8, 4) is 22.8 Å². The minimum absolute atomic E-state index is 0.00114. The Morgan fingerprint density at radius 2 is 1.70 bits per heavy atom. The molecular formula is C22H17ClN4O2S. The second-order valence-electron chi connectivity index (χ2n) is 6.29. The molecule has 0 saturated carbocycles. The predicted molar refractivity (Wildman–Crippen MR) is 118 cm³/mol. The average Bonchev–Trinajstić information content (AvgIpc) is 3.22. The zero-order chi connectivity index (χ0) is 20.9. The quantitative estimate of drug-likeness (QED) is 0.301. The number of carbonyl (C=O) groups excluding carboxylic acids is 1. The first-order valence-electron chi connectivity index (χ1n) is 9.07. The van der Waals surface area contributed by atoms with Gasteiger partial charge in [-0.2, -0.15) is 0 Å². The fourth-order valence-corrected chi connectivity index (χ4v) is 3.84. The highest BCUT2D eigenvalue weighted by atomic mass is 35.5. The van der Waals surface area contributed by atoms with Crippen molar-refractivity contribution in [3.05, 3.63) is 83.6 Å². The van der Waals surface area contributed by atoms with Crippen molar-refractivity contribution in [1.29, 1.82) is 0 Å². The molecule has 2 aromatic heterocycles. The standard InChI is InChI=1S/C22H17ClN4O2S/c1-29-19-8-2-15(3-9-19)20(28)14-30-22-26-25-21(16-10-12-24-13-11-16)27(22)18-6-4-17(23)5-7-18/h2-13H,14H2,1H3. The van der Waals surface area contributed by atoms with E-state index in [-0.39, 0.29) is 11.5 Å². The Hall–Kier alpha value is -3.16. The lowest BCUT2D eigenvalue weighted by molar-refractivity contribution is 0.102. The SMILES string of the molecule is COc1ccc(C(=O)CSc2nnc(-c3ccncc3)n2-c2ccc(Cl)cc2)cc1. The first kappa shape index (κ1) is 20.1. The second-order valence-corrected chi connectivity index (χ2v) is 7.67. The monoisotopic (exact) mass is 436 g/mol. The maximum absolute atomic E-state index is 12.6. The Morgan fingerprint density at radius 1 is 1.00 bits per heavy atom. The molecule has 0 atom stereocenters. The molecule has 2 heterocycles. The smallest absolute Gasteiger partial charge is 0.196 e. The van der Waals surface area contributed by atoms with Crippen molar-refractivity contribution in [1.82, 2.24) is 19.7 Å². The Labute approximate surface area is 182 Å². The Bertz CT molecular complexity index is 1150. The number of halogens is 1. The van der Waals surface area contributed by atoms with Gasteiger partial charge in [0, 0.05) is 34.2 Å². The van der Waals surface area contributed by atoms with Gasteiger partial charge < -0.3 is 4.74 Å². The normalized spacial score (nSPS) is 10.7. The Balaban J connectivity index is 1.63. The summed E-state index contributed by atoms with van der Waals surface area (Å²) >= 11 is 7.39. The van der Waals surface area contributed by atoms with E-state index >= 15 is 0 Å². The topological polar surface area (TPSA) is 69.9 Å². The molecule has 0 fully saturated rings. The van der Waals surface area contributed by atoms with Crippen LogP contribution in [0.1, 0.15) is 10.4 Å². The van der Waals surface area contributed by atoms with Crippen molar-refractivity contribution in [2.75, 3.05) is 12.9 Å². The van der Waals surface area contributed by atoms with Crippen LogP contribution in [0.25, 0.3) is 17.1 Å². The number of ketones is 1. The van der Waals surface area contributed by atoms with E-state index in [2.05, 4.69) is 15.2 Å². The van der Waals surface area contributed by atoms with Crippen molar-refractivity contribution in [2.45, 2.75) is 5.16 Å². The third kappa shape index (κ3) is 4.37. The highest BCUT2D eigenvalue weighted by Crippen LogP contribution is 2.29. The Morgan fingerprint density at radius 3 is 2.37 bits per heavy atom. The van der Waals surface area contributed by atoms with Crippen LogP contribution in [0.5, 0.6) is 5.75 Å². The van der Waals surface area contributed by atoms with E-state index < -0.39 is 0 Å². The molecule has 4 aromatic rings. The molecule has 0 saturated heterocycles. The van der Waals surface area contributed by atoms with E-state index in [0.29, 0.717) is 27.3 Å². The number of hydrogen-bond acceptors (Lipinski definition) is 6. The van der Waals surface area contributed by atoms with Crippen LogP contribution in [0.15, 0.2) is 78.2 Å². The number of pyridine rings is 1. The van der Waals surface area contributed by atoms with Crippen LogP contribution in [0.3, 0.4) is 0 Å². The predicted octanol–water partition coefficient (Wildman–Crippen LogP) is 4.97. The molecule has 0 aliphatic carbocycles. The first-order chi connectivity index (χ1) is 14.7. The molecular weight excluding hydrogens is 420 g/mol.